The SMILES string of the molecule is N#Cc1ccc(-c2nc(-c3cc(F)cc(Br)c3)no2)[nH]1. The molecule has 0 aliphatic rings. The minimum atomic E-state index is -0.396. The summed E-state index contributed by atoms with van der Waals surface area (Å²) < 4.78 is 19.0. The van der Waals surface area contributed by atoms with Gasteiger partial charge in [0.25, 0.3) is 5.89 Å². The van der Waals surface area contributed by atoms with Crippen LogP contribution in [0.15, 0.2) is 39.3 Å². The van der Waals surface area contributed by atoms with Crippen molar-refractivity contribution in [1.29, 1.82) is 5.26 Å². The predicted molar refractivity (Wildman–Crippen MR) is 71.9 cm³/mol. The lowest BCUT2D eigenvalue weighted by Gasteiger charge is -1.96. The van der Waals surface area contributed by atoms with Gasteiger partial charge in [0, 0.05) is 10.0 Å². The molecule has 2 heterocycles. The van der Waals surface area contributed by atoms with Gasteiger partial charge in [0.05, 0.1) is 0 Å². The third kappa shape index (κ3) is 2.33. The molecule has 0 aliphatic heterocycles. The molecule has 7 heteroatoms. The van der Waals surface area contributed by atoms with Crippen LogP contribution in [0.4, 0.5) is 4.39 Å². The lowest BCUT2D eigenvalue weighted by molar-refractivity contribution is 0.431. The summed E-state index contributed by atoms with van der Waals surface area (Å²) in [5.41, 5.74) is 1.43. The standard InChI is InChI=1S/C13H6BrFN4O/c14-8-3-7(4-9(15)5-8)12-18-13(20-19-12)11-2-1-10(6-16)17-11/h1-5,17H. The fourth-order valence-corrected chi connectivity index (χ4v) is 2.18. The van der Waals surface area contributed by atoms with E-state index in [0.717, 1.165) is 0 Å². The van der Waals surface area contributed by atoms with Crippen LogP contribution in [0.2, 0.25) is 0 Å². The van der Waals surface area contributed by atoms with E-state index in [-0.39, 0.29) is 11.7 Å². The molecule has 0 spiro atoms. The first-order valence-corrected chi connectivity index (χ1v) is 6.34. The first kappa shape index (κ1) is 12.6. The second-order valence-electron chi connectivity index (χ2n) is 3.98. The summed E-state index contributed by atoms with van der Waals surface area (Å²) in [7, 11) is 0. The Kier molecular flexibility index (Phi) is 3.08. The van der Waals surface area contributed by atoms with Crippen LogP contribution < -0.4 is 0 Å². The number of hydrogen-bond acceptors (Lipinski definition) is 4. The van der Waals surface area contributed by atoms with Gasteiger partial charge in [0.1, 0.15) is 23.3 Å². The minimum Gasteiger partial charge on any atom is -0.342 e. The Labute approximate surface area is 121 Å². The number of aromatic nitrogens is 3. The molecule has 5 nitrogen and oxygen atoms in total. The predicted octanol–water partition coefficient (Wildman–Crippen LogP) is 3.50. The van der Waals surface area contributed by atoms with Crippen molar-refractivity contribution in [3.63, 3.8) is 0 Å². The van der Waals surface area contributed by atoms with E-state index in [1.165, 1.54) is 12.1 Å². The molecule has 0 aliphatic carbocycles. The van der Waals surface area contributed by atoms with Gasteiger partial charge in [0.2, 0.25) is 5.82 Å². The first-order chi connectivity index (χ1) is 9.65. The van der Waals surface area contributed by atoms with Crippen LogP contribution in [0.3, 0.4) is 0 Å². The summed E-state index contributed by atoms with van der Waals surface area (Å²) in [6.07, 6.45) is 0. The van der Waals surface area contributed by atoms with Crippen molar-refractivity contribution in [3.8, 4) is 29.0 Å². The smallest absolute Gasteiger partial charge is 0.274 e. The molecule has 0 fully saturated rings. The zero-order valence-electron chi connectivity index (χ0n) is 9.89. The zero-order valence-corrected chi connectivity index (χ0v) is 11.5. The van der Waals surface area contributed by atoms with E-state index in [0.29, 0.717) is 21.4 Å². The summed E-state index contributed by atoms with van der Waals surface area (Å²) >= 11 is 3.21. The average Bonchev–Trinajstić information content (AvgIpc) is 3.06. The number of halogens is 2. The Bertz CT molecular complexity index is 798. The molecule has 0 radical (unpaired) electrons. The second kappa shape index (κ2) is 4.90. The van der Waals surface area contributed by atoms with Gasteiger partial charge in [-0.1, -0.05) is 21.1 Å². The molecule has 1 N–H and O–H groups in total. The van der Waals surface area contributed by atoms with Gasteiger partial charge in [-0.15, -0.1) is 0 Å². The molecule has 98 valence electrons. The van der Waals surface area contributed by atoms with Crippen LogP contribution >= 0.6 is 15.9 Å². The monoisotopic (exact) mass is 332 g/mol. The van der Waals surface area contributed by atoms with Gasteiger partial charge in [0.15, 0.2) is 0 Å². The molecule has 0 saturated carbocycles. The Balaban J connectivity index is 1.99. The third-order valence-electron chi connectivity index (χ3n) is 2.58. The van der Waals surface area contributed by atoms with E-state index in [1.807, 2.05) is 6.07 Å². The van der Waals surface area contributed by atoms with Crippen molar-refractivity contribution in [2.45, 2.75) is 0 Å². The van der Waals surface area contributed by atoms with Crippen molar-refractivity contribution in [3.05, 3.63) is 46.3 Å². The topological polar surface area (TPSA) is 78.5 Å². The van der Waals surface area contributed by atoms with Gasteiger partial charge in [-0.3, -0.25) is 0 Å². The van der Waals surface area contributed by atoms with Gasteiger partial charge >= 0.3 is 0 Å². The van der Waals surface area contributed by atoms with Crippen molar-refractivity contribution < 1.29 is 8.91 Å². The number of aromatic amines is 1. The van der Waals surface area contributed by atoms with E-state index in [2.05, 4.69) is 31.1 Å². The van der Waals surface area contributed by atoms with Gasteiger partial charge in [-0.05, 0) is 30.3 Å². The van der Waals surface area contributed by atoms with Gasteiger partial charge < -0.3 is 9.51 Å². The molecule has 0 atom stereocenters. The maximum absolute atomic E-state index is 13.3. The maximum Gasteiger partial charge on any atom is 0.274 e. The van der Waals surface area contributed by atoms with Gasteiger partial charge in [-0.2, -0.15) is 10.2 Å². The number of H-pyrrole nitrogens is 1. The molecule has 3 rings (SSSR count). The zero-order chi connectivity index (χ0) is 14.1. The Morgan fingerprint density at radius 3 is 2.85 bits per heavy atom. The highest BCUT2D eigenvalue weighted by molar-refractivity contribution is 9.10. The lowest BCUT2D eigenvalue weighted by Crippen LogP contribution is -1.84. The molecule has 2 aromatic heterocycles. The number of benzene rings is 1. The van der Waals surface area contributed by atoms with Crippen molar-refractivity contribution in [1.82, 2.24) is 15.1 Å². The first-order valence-electron chi connectivity index (χ1n) is 5.55. The minimum absolute atomic E-state index is 0.238. The number of rotatable bonds is 2. The molecule has 20 heavy (non-hydrogen) atoms. The second-order valence-corrected chi connectivity index (χ2v) is 4.89. The summed E-state index contributed by atoms with van der Waals surface area (Å²) in [5, 5.41) is 12.6. The molecule has 3 aromatic rings. The fourth-order valence-electron chi connectivity index (χ4n) is 1.72. The quantitative estimate of drug-likeness (QED) is 0.778. The number of nitrogens with one attached hydrogen (secondary N) is 1. The van der Waals surface area contributed by atoms with Crippen LogP contribution in [0.25, 0.3) is 23.0 Å². The number of nitriles is 1. The molecular weight excluding hydrogens is 327 g/mol. The van der Waals surface area contributed by atoms with Crippen LogP contribution in [0.1, 0.15) is 5.69 Å². The normalized spacial score (nSPS) is 10.4. The number of hydrogen-bond donors (Lipinski definition) is 1. The van der Waals surface area contributed by atoms with Crippen molar-refractivity contribution in [2.24, 2.45) is 0 Å². The summed E-state index contributed by atoms with van der Waals surface area (Å²) in [6, 6.07) is 9.59. The third-order valence-corrected chi connectivity index (χ3v) is 3.04. The molecule has 0 amide bonds. The van der Waals surface area contributed by atoms with E-state index in [1.54, 1.807) is 18.2 Å². The van der Waals surface area contributed by atoms with E-state index in [4.69, 9.17) is 9.78 Å². The molecule has 1 aromatic carbocycles. The number of nitrogens with zero attached hydrogens (tertiary/aromatic N) is 3. The van der Waals surface area contributed by atoms with Gasteiger partial charge in [-0.25, -0.2) is 4.39 Å². The molecular formula is C13H6BrFN4O. The maximum atomic E-state index is 13.3. The van der Waals surface area contributed by atoms with Crippen LogP contribution in [-0.2, 0) is 0 Å². The highest BCUT2D eigenvalue weighted by Crippen LogP contribution is 2.25. The molecule has 0 unspecified atom stereocenters. The van der Waals surface area contributed by atoms with E-state index >= 15 is 0 Å². The largest absolute Gasteiger partial charge is 0.342 e. The highest BCUT2D eigenvalue weighted by atomic mass is 79.9. The van der Waals surface area contributed by atoms with E-state index in [9.17, 15) is 4.39 Å². The van der Waals surface area contributed by atoms with Crippen molar-refractivity contribution >= 4 is 15.9 Å². The molecule has 0 bridgehead atoms. The fraction of sp³-hybridized carbons (Fsp3) is 0. The molecule has 0 saturated heterocycles. The highest BCUT2D eigenvalue weighted by Gasteiger charge is 2.13. The summed E-state index contributed by atoms with van der Waals surface area (Å²) in [5.74, 6) is 0.113. The van der Waals surface area contributed by atoms with Crippen molar-refractivity contribution in [2.75, 3.05) is 0 Å². The van der Waals surface area contributed by atoms with E-state index < -0.39 is 5.82 Å². The Morgan fingerprint density at radius 2 is 2.15 bits per heavy atom. The van der Waals surface area contributed by atoms with Crippen LogP contribution in [0, 0.1) is 17.1 Å². The average molecular weight is 333 g/mol. The summed E-state index contributed by atoms with van der Waals surface area (Å²) in [6.45, 7) is 0. The lowest BCUT2D eigenvalue weighted by atomic mass is 10.2. The van der Waals surface area contributed by atoms with Crippen LogP contribution in [-0.4, -0.2) is 15.1 Å². The Morgan fingerprint density at radius 1 is 1.30 bits per heavy atom. The van der Waals surface area contributed by atoms with Crippen LogP contribution in [0.5, 0.6) is 0 Å². The Hall–Kier alpha value is -2.46. The summed E-state index contributed by atoms with van der Waals surface area (Å²) in [4.78, 5) is 7.00.